The minimum atomic E-state index is 0.959. The molecule has 3 nitrogen and oxygen atoms in total. The van der Waals surface area contributed by atoms with Crippen molar-refractivity contribution in [3.8, 4) is 33.9 Å². The number of para-hydroxylation sites is 2. The number of nitrogens with zero attached hydrogens (tertiary/aromatic N) is 3. The molecule has 0 fully saturated rings. The first-order valence-electron chi connectivity index (χ1n) is 12.2. The molecule has 0 saturated carbocycles. The van der Waals surface area contributed by atoms with Crippen LogP contribution in [0, 0.1) is 0 Å². The van der Waals surface area contributed by atoms with Crippen molar-refractivity contribution < 1.29 is 0 Å². The van der Waals surface area contributed by atoms with Gasteiger partial charge in [0.05, 0.1) is 28.1 Å². The van der Waals surface area contributed by atoms with Crippen LogP contribution < -0.4 is 0 Å². The summed E-state index contributed by atoms with van der Waals surface area (Å²) in [4.78, 5) is 0. The molecule has 0 spiro atoms. The van der Waals surface area contributed by atoms with E-state index >= 15 is 0 Å². The number of hydrogen-bond donors (Lipinski definition) is 0. The van der Waals surface area contributed by atoms with Gasteiger partial charge in [-0.3, -0.25) is 0 Å². The van der Waals surface area contributed by atoms with E-state index in [0.29, 0.717) is 0 Å². The quantitative estimate of drug-likeness (QED) is 0.258. The molecule has 5 aromatic carbocycles. The smallest absolute Gasteiger partial charge is 0.0934 e. The number of aromatic nitrogens is 3. The Balaban J connectivity index is 1.38. The van der Waals surface area contributed by atoms with E-state index in [2.05, 4.69) is 132 Å². The van der Waals surface area contributed by atoms with Crippen LogP contribution in [0.25, 0.3) is 55.7 Å². The molecule has 0 aliphatic heterocycles. The third-order valence-electron chi connectivity index (χ3n) is 6.78. The molecule has 0 bridgehead atoms. The molecule has 0 amide bonds. The maximum absolute atomic E-state index is 5.03. The maximum atomic E-state index is 5.03. The van der Waals surface area contributed by atoms with Gasteiger partial charge in [-0.25, -0.2) is 4.68 Å². The zero-order valence-corrected chi connectivity index (χ0v) is 19.6. The van der Waals surface area contributed by atoms with Crippen LogP contribution in [0.2, 0.25) is 0 Å². The lowest BCUT2D eigenvalue weighted by atomic mass is 10.1. The zero-order chi connectivity index (χ0) is 23.9. The highest BCUT2D eigenvalue weighted by Crippen LogP contribution is 2.33. The average Bonchev–Trinajstić information content (AvgIpc) is 3.55. The fourth-order valence-electron chi connectivity index (χ4n) is 5.09. The second-order valence-electron chi connectivity index (χ2n) is 8.94. The molecule has 2 aromatic heterocycles. The molecule has 0 unspecified atom stereocenters. The van der Waals surface area contributed by atoms with E-state index in [1.54, 1.807) is 0 Å². The van der Waals surface area contributed by atoms with Gasteiger partial charge in [-0.1, -0.05) is 97.1 Å². The second kappa shape index (κ2) is 8.40. The Labute approximate surface area is 209 Å². The summed E-state index contributed by atoms with van der Waals surface area (Å²) in [7, 11) is 0. The molecule has 170 valence electrons. The summed E-state index contributed by atoms with van der Waals surface area (Å²) in [5, 5.41) is 7.56. The highest BCUT2D eigenvalue weighted by Gasteiger charge is 2.15. The Morgan fingerprint density at radius 1 is 0.444 bits per heavy atom. The summed E-state index contributed by atoms with van der Waals surface area (Å²) in [6.07, 6.45) is 0. The first-order chi connectivity index (χ1) is 17.9. The van der Waals surface area contributed by atoms with Crippen LogP contribution in [0.15, 0.2) is 140 Å². The number of benzene rings is 5. The topological polar surface area (TPSA) is 22.8 Å². The van der Waals surface area contributed by atoms with Gasteiger partial charge in [0.2, 0.25) is 0 Å². The van der Waals surface area contributed by atoms with Gasteiger partial charge in [0.15, 0.2) is 0 Å². The van der Waals surface area contributed by atoms with E-state index in [-0.39, 0.29) is 0 Å². The third-order valence-corrected chi connectivity index (χ3v) is 6.78. The summed E-state index contributed by atoms with van der Waals surface area (Å²) >= 11 is 0. The first kappa shape index (κ1) is 20.5. The predicted molar refractivity (Wildman–Crippen MR) is 149 cm³/mol. The van der Waals surface area contributed by atoms with Crippen LogP contribution in [0.4, 0.5) is 0 Å². The predicted octanol–water partition coefficient (Wildman–Crippen LogP) is 8.30. The summed E-state index contributed by atoms with van der Waals surface area (Å²) in [6.45, 7) is 0. The molecule has 0 aliphatic rings. The van der Waals surface area contributed by atoms with E-state index in [9.17, 15) is 0 Å². The van der Waals surface area contributed by atoms with E-state index in [1.165, 1.54) is 21.8 Å². The van der Waals surface area contributed by atoms with Crippen LogP contribution >= 0.6 is 0 Å². The van der Waals surface area contributed by atoms with E-state index in [0.717, 1.165) is 33.9 Å². The molecular formula is C33H23N3. The standard InChI is InChI=1S/C33H23N3/c1-3-11-24(12-4-1)30-23-33(25-13-5-2-6-14-25)36(34-30)27-21-19-26(20-22-27)35-31-17-9-7-15-28(31)29-16-8-10-18-32(29)35/h1-23H. The Kier molecular flexibility index (Phi) is 4.78. The Bertz CT molecular complexity index is 1760. The lowest BCUT2D eigenvalue weighted by molar-refractivity contribution is 0.891. The molecule has 0 N–H and O–H groups in total. The number of fused-ring (bicyclic) bond motifs is 3. The van der Waals surface area contributed by atoms with Crippen molar-refractivity contribution in [3.63, 3.8) is 0 Å². The van der Waals surface area contributed by atoms with E-state index in [1.807, 2.05) is 16.8 Å². The van der Waals surface area contributed by atoms with Gasteiger partial charge in [0.1, 0.15) is 0 Å². The maximum Gasteiger partial charge on any atom is 0.0934 e. The van der Waals surface area contributed by atoms with Crippen molar-refractivity contribution in [1.82, 2.24) is 14.3 Å². The van der Waals surface area contributed by atoms with Crippen LogP contribution in [0.5, 0.6) is 0 Å². The van der Waals surface area contributed by atoms with Crippen molar-refractivity contribution in [2.24, 2.45) is 0 Å². The highest BCUT2D eigenvalue weighted by molar-refractivity contribution is 6.09. The number of hydrogen-bond acceptors (Lipinski definition) is 1. The van der Waals surface area contributed by atoms with Crippen molar-refractivity contribution in [2.75, 3.05) is 0 Å². The monoisotopic (exact) mass is 461 g/mol. The summed E-state index contributed by atoms with van der Waals surface area (Å²) in [5.74, 6) is 0. The number of rotatable bonds is 4. The van der Waals surface area contributed by atoms with Crippen LogP contribution in [0.1, 0.15) is 0 Å². The molecule has 0 aliphatic carbocycles. The van der Waals surface area contributed by atoms with E-state index < -0.39 is 0 Å². The lowest BCUT2D eigenvalue weighted by Gasteiger charge is -2.11. The van der Waals surface area contributed by atoms with Crippen LogP contribution in [0.3, 0.4) is 0 Å². The van der Waals surface area contributed by atoms with Crippen LogP contribution in [-0.2, 0) is 0 Å². The van der Waals surface area contributed by atoms with Gasteiger partial charge < -0.3 is 4.57 Å². The fraction of sp³-hybridized carbons (Fsp3) is 0. The summed E-state index contributed by atoms with van der Waals surface area (Å²) < 4.78 is 4.39. The minimum Gasteiger partial charge on any atom is -0.309 e. The van der Waals surface area contributed by atoms with Crippen molar-refractivity contribution >= 4 is 21.8 Å². The van der Waals surface area contributed by atoms with Gasteiger partial charge in [0, 0.05) is 27.6 Å². The van der Waals surface area contributed by atoms with E-state index in [4.69, 9.17) is 5.10 Å². The van der Waals surface area contributed by atoms with Crippen molar-refractivity contribution in [2.45, 2.75) is 0 Å². The van der Waals surface area contributed by atoms with Gasteiger partial charge in [-0.05, 0) is 42.5 Å². The normalized spacial score (nSPS) is 11.3. The Morgan fingerprint density at radius 3 is 1.56 bits per heavy atom. The molecule has 0 saturated heterocycles. The molecule has 36 heavy (non-hydrogen) atoms. The Hall–Kier alpha value is -4.89. The molecule has 0 atom stereocenters. The van der Waals surface area contributed by atoms with Gasteiger partial charge in [0.25, 0.3) is 0 Å². The summed E-state index contributed by atoms with van der Waals surface area (Å²) in [6, 6.07) is 48.9. The minimum absolute atomic E-state index is 0.959. The van der Waals surface area contributed by atoms with Crippen molar-refractivity contribution in [3.05, 3.63) is 140 Å². The molecule has 7 aromatic rings. The third kappa shape index (κ3) is 3.33. The fourth-order valence-corrected chi connectivity index (χ4v) is 5.09. The van der Waals surface area contributed by atoms with Gasteiger partial charge in [-0.15, -0.1) is 0 Å². The molecule has 2 heterocycles. The van der Waals surface area contributed by atoms with Crippen molar-refractivity contribution in [1.29, 1.82) is 0 Å². The summed E-state index contributed by atoms with van der Waals surface area (Å²) in [5.41, 5.74) is 8.85. The first-order valence-corrected chi connectivity index (χ1v) is 12.2. The molecule has 0 radical (unpaired) electrons. The highest BCUT2D eigenvalue weighted by atomic mass is 15.3. The van der Waals surface area contributed by atoms with Gasteiger partial charge in [-0.2, -0.15) is 5.10 Å². The van der Waals surface area contributed by atoms with Crippen LogP contribution in [-0.4, -0.2) is 14.3 Å². The van der Waals surface area contributed by atoms with Gasteiger partial charge >= 0.3 is 0 Å². The molecule has 3 heteroatoms. The average molecular weight is 462 g/mol. The molecule has 7 rings (SSSR count). The lowest BCUT2D eigenvalue weighted by Crippen LogP contribution is -2.00. The Morgan fingerprint density at radius 2 is 0.944 bits per heavy atom. The second-order valence-corrected chi connectivity index (χ2v) is 8.94. The molecular weight excluding hydrogens is 438 g/mol. The SMILES string of the molecule is c1ccc(-c2cc(-c3ccccc3)n(-c3ccc(-n4c5ccccc5c5ccccc54)cc3)n2)cc1. The largest absolute Gasteiger partial charge is 0.309 e. The zero-order valence-electron chi connectivity index (χ0n) is 19.6.